The van der Waals surface area contributed by atoms with Crippen LogP contribution in [0.15, 0.2) is 42.6 Å². The van der Waals surface area contributed by atoms with Gasteiger partial charge in [0, 0.05) is 6.20 Å². The lowest BCUT2D eigenvalue weighted by molar-refractivity contribution is 0.0970. The van der Waals surface area contributed by atoms with E-state index in [2.05, 4.69) is 4.98 Å². The highest BCUT2D eigenvalue weighted by molar-refractivity contribution is 6.07. The van der Waals surface area contributed by atoms with Crippen LogP contribution in [0.5, 0.6) is 5.75 Å². The second-order valence-electron chi connectivity index (χ2n) is 5.70. The van der Waals surface area contributed by atoms with Crippen LogP contribution >= 0.6 is 0 Å². The van der Waals surface area contributed by atoms with Gasteiger partial charge in [0.2, 0.25) is 0 Å². The third-order valence-corrected chi connectivity index (χ3v) is 4.20. The lowest BCUT2D eigenvalue weighted by atomic mass is 10.2. The van der Waals surface area contributed by atoms with E-state index in [-0.39, 0.29) is 5.91 Å². The number of fused-ring (bicyclic) bond motifs is 2. The molecule has 1 aliphatic rings. The van der Waals surface area contributed by atoms with Crippen molar-refractivity contribution >= 4 is 17.2 Å². The normalized spacial score (nSPS) is 13.7. The van der Waals surface area contributed by atoms with Crippen LogP contribution in [0.1, 0.15) is 21.7 Å². The first-order valence-electron chi connectivity index (χ1n) is 7.65. The van der Waals surface area contributed by atoms with Crippen molar-refractivity contribution in [3.8, 4) is 5.75 Å². The van der Waals surface area contributed by atoms with Crippen molar-refractivity contribution in [2.75, 3.05) is 18.1 Å². The standard InChI is InChI=1S/C18H17N3O2/c1-12-6-5-9-21-16(13(2)19-17(12)21)18(22)20-10-11-23-15-8-4-3-7-14(15)20/h3-9H,10-11H2,1-2H3. The summed E-state index contributed by atoms with van der Waals surface area (Å²) in [5.74, 6) is 0.700. The number of carbonyl (C=O) groups excluding carboxylic acids is 1. The van der Waals surface area contributed by atoms with Gasteiger partial charge < -0.3 is 9.64 Å². The highest BCUT2D eigenvalue weighted by atomic mass is 16.5. The van der Waals surface area contributed by atoms with Crippen molar-refractivity contribution in [2.45, 2.75) is 13.8 Å². The van der Waals surface area contributed by atoms with E-state index in [1.165, 1.54) is 0 Å². The van der Waals surface area contributed by atoms with Gasteiger partial charge in [0.15, 0.2) is 0 Å². The number of hydrogen-bond donors (Lipinski definition) is 0. The molecular formula is C18H17N3O2. The van der Waals surface area contributed by atoms with Gasteiger partial charge in [0.05, 0.1) is 17.9 Å². The molecule has 23 heavy (non-hydrogen) atoms. The lowest BCUT2D eigenvalue weighted by Crippen LogP contribution is -2.38. The summed E-state index contributed by atoms with van der Waals surface area (Å²) in [6.45, 7) is 4.91. The number of benzene rings is 1. The van der Waals surface area contributed by atoms with Gasteiger partial charge in [-0.25, -0.2) is 4.98 Å². The molecule has 0 atom stereocenters. The summed E-state index contributed by atoms with van der Waals surface area (Å²) in [7, 11) is 0. The average Bonchev–Trinajstić information content (AvgIpc) is 2.91. The quantitative estimate of drug-likeness (QED) is 0.694. The Kier molecular flexibility index (Phi) is 3.08. The molecule has 1 aromatic carbocycles. The number of pyridine rings is 1. The minimum Gasteiger partial charge on any atom is -0.490 e. The maximum absolute atomic E-state index is 13.2. The first kappa shape index (κ1) is 13.8. The zero-order chi connectivity index (χ0) is 16.0. The van der Waals surface area contributed by atoms with Crippen molar-refractivity contribution in [2.24, 2.45) is 0 Å². The van der Waals surface area contributed by atoms with Crippen LogP contribution in [0.25, 0.3) is 5.65 Å². The predicted octanol–water partition coefficient (Wildman–Crippen LogP) is 2.99. The molecule has 0 radical (unpaired) electrons. The molecule has 2 aromatic heterocycles. The summed E-state index contributed by atoms with van der Waals surface area (Å²) >= 11 is 0. The second kappa shape index (κ2) is 5.12. The Balaban J connectivity index is 1.85. The Bertz CT molecular complexity index is 914. The number of amides is 1. The number of carbonyl (C=O) groups is 1. The van der Waals surface area contributed by atoms with Crippen molar-refractivity contribution in [3.63, 3.8) is 0 Å². The number of para-hydroxylation sites is 2. The van der Waals surface area contributed by atoms with Crippen molar-refractivity contribution < 1.29 is 9.53 Å². The van der Waals surface area contributed by atoms with Gasteiger partial charge in [-0.15, -0.1) is 0 Å². The molecule has 0 bridgehead atoms. The molecule has 116 valence electrons. The highest BCUT2D eigenvalue weighted by Gasteiger charge is 2.28. The molecule has 0 aliphatic carbocycles. The smallest absolute Gasteiger partial charge is 0.277 e. The van der Waals surface area contributed by atoms with Crippen LogP contribution in [0.2, 0.25) is 0 Å². The highest BCUT2D eigenvalue weighted by Crippen LogP contribution is 2.32. The van der Waals surface area contributed by atoms with Crippen LogP contribution in [0.4, 0.5) is 5.69 Å². The summed E-state index contributed by atoms with van der Waals surface area (Å²) in [4.78, 5) is 19.5. The van der Waals surface area contributed by atoms with E-state index in [0.717, 1.165) is 28.3 Å². The Labute approximate surface area is 134 Å². The fourth-order valence-corrected chi connectivity index (χ4v) is 3.08. The molecule has 4 rings (SSSR count). The molecule has 3 heterocycles. The molecule has 0 N–H and O–H groups in total. The fourth-order valence-electron chi connectivity index (χ4n) is 3.08. The largest absolute Gasteiger partial charge is 0.490 e. The minimum absolute atomic E-state index is 0.0450. The maximum atomic E-state index is 13.2. The molecule has 1 aliphatic heterocycles. The average molecular weight is 307 g/mol. The first-order chi connectivity index (χ1) is 11.2. The van der Waals surface area contributed by atoms with E-state index in [9.17, 15) is 4.79 Å². The van der Waals surface area contributed by atoms with E-state index in [0.29, 0.717) is 18.8 Å². The van der Waals surface area contributed by atoms with Crippen LogP contribution in [-0.4, -0.2) is 28.4 Å². The minimum atomic E-state index is -0.0450. The summed E-state index contributed by atoms with van der Waals surface area (Å²) in [5, 5.41) is 0. The van der Waals surface area contributed by atoms with Crippen LogP contribution < -0.4 is 9.64 Å². The molecule has 3 aromatic rings. The zero-order valence-corrected chi connectivity index (χ0v) is 13.1. The molecule has 0 unspecified atom stereocenters. The van der Waals surface area contributed by atoms with E-state index in [1.54, 1.807) is 4.90 Å². The first-order valence-corrected chi connectivity index (χ1v) is 7.65. The number of aryl methyl sites for hydroxylation is 2. The summed E-state index contributed by atoms with van der Waals surface area (Å²) < 4.78 is 7.52. The van der Waals surface area contributed by atoms with E-state index in [4.69, 9.17) is 4.74 Å². The van der Waals surface area contributed by atoms with Gasteiger partial charge in [-0.05, 0) is 37.6 Å². The summed E-state index contributed by atoms with van der Waals surface area (Å²) in [6.07, 6.45) is 1.89. The third kappa shape index (κ3) is 2.08. The molecule has 1 amide bonds. The Hall–Kier alpha value is -2.82. The number of rotatable bonds is 1. The Morgan fingerprint density at radius 3 is 2.87 bits per heavy atom. The van der Waals surface area contributed by atoms with Crippen LogP contribution in [0.3, 0.4) is 0 Å². The zero-order valence-electron chi connectivity index (χ0n) is 13.1. The third-order valence-electron chi connectivity index (χ3n) is 4.20. The number of ether oxygens (including phenoxy) is 1. The van der Waals surface area contributed by atoms with Gasteiger partial charge >= 0.3 is 0 Å². The topological polar surface area (TPSA) is 46.8 Å². The van der Waals surface area contributed by atoms with Crippen LogP contribution in [-0.2, 0) is 0 Å². The molecular weight excluding hydrogens is 290 g/mol. The number of aromatic nitrogens is 2. The molecule has 0 spiro atoms. The van der Waals surface area contributed by atoms with Crippen molar-refractivity contribution in [1.29, 1.82) is 0 Å². The van der Waals surface area contributed by atoms with Gasteiger partial charge in [-0.3, -0.25) is 9.20 Å². The van der Waals surface area contributed by atoms with Gasteiger partial charge in [0.25, 0.3) is 5.91 Å². The lowest BCUT2D eigenvalue weighted by Gasteiger charge is -2.29. The molecule has 0 fully saturated rings. The number of nitrogens with zero attached hydrogens (tertiary/aromatic N) is 3. The fraction of sp³-hybridized carbons (Fsp3) is 0.222. The predicted molar refractivity (Wildman–Crippen MR) is 88.3 cm³/mol. The summed E-state index contributed by atoms with van der Waals surface area (Å²) in [5.41, 5.74) is 4.05. The molecule has 5 heteroatoms. The van der Waals surface area contributed by atoms with E-state index in [1.807, 2.05) is 60.8 Å². The van der Waals surface area contributed by atoms with Gasteiger partial charge in [-0.1, -0.05) is 18.2 Å². The molecule has 0 saturated carbocycles. The van der Waals surface area contributed by atoms with E-state index < -0.39 is 0 Å². The van der Waals surface area contributed by atoms with Gasteiger partial charge in [-0.2, -0.15) is 0 Å². The van der Waals surface area contributed by atoms with E-state index >= 15 is 0 Å². The SMILES string of the molecule is Cc1nc2c(C)cccn2c1C(=O)N1CCOc2ccccc21. The Morgan fingerprint density at radius 2 is 2.00 bits per heavy atom. The van der Waals surface area contributed by atoms with Crippen LogP contribution in [0, 0.1) is 13.8 Å². The van der Waals surface area contributed by atoms with Gasteiger partial charge in [0.1, 0.15) is 23.7 Å². The molecule has 0 saturated heterocycles. The summed E-state index contributed by atoms with van der Waals surface area (Å²) in [6, 6.07) is 11.6. The second-order valence-corrected chi connectivity index (χ2v) is 5.70. The Morgan fingerprint density at radius 1 is 1.17 bits per heavy atom. The van der Waals surface area contributed by atoms with Crippen molar-refractivity contribution in [3.05, 3.63) is 59.5 Å². The maximum Gasteiger partial charge on any atom is 0.277 e. The number of anilines is 1. The molecule has 5 nitrogen and oxygen atoms in total. The number of imidazole rings is 1. The monoisotopic (exact) mass is 307 g/mol. The van der Waals surface area contributed by atoms with Crippen molar-refractivity contribution in [1.82, 2.24) is 9.38 Å². The number of hydrogen-bond acceptors (Lipinski definition) is 3.